The summed E-state index contributed by atoms with van der Waals surface area (Å²) in [7, 11) is 0. The number of benzene rings is 2. The first-order chi connectivity index (χ1) is 10.2. The fourth-order valence-electron chi connectivity index (χ4n) is 2.49. The van der Waals surface area contributed by atoms with Gasteiger partial charge in [-0.25, -0.2) is 4.98 Å². The molecule has 4 heteroatoms. The van der Waals surface area contributed by atoms with Gasteiger partial charge in [0, 0.05) is 10.9 Å². The number of aromatic amines is 1. The Morgan fingerprint density at radius 1 is 0.905 bits per heavy atom. The zero-order chi connectivity index (χ0) is 14.4. The summed E-state index contributed by atoms with van der Waals surface area (Å²) >= 11 is 0. The summed E-state index contributed by atoms with van der Waals surface area (Å²) in [5, 5.41) is 8.05. The van der Waals surface area contributed by atoms with E-state index in [1.807, 2.05) is 18.3 Å². The number of rotatable bonds is 1. The molecule has 0 aliphatic rings. The summed E-state index contributed by atoms with van der Waals surface area (Å²) in [6.45, 7) is 4.23. The summed E-state index contributed by atoms with van der Waals surface area (Å²) in [6.07, 6.45) is 3.63. The molecule has 0 unspecified atom stereocenters. The van der Waals surface area contributed by atoms with Gasteiger partial charge in [0.1, 0.15) is 0 Å². The lowest BCUT2D eigenvalue weighted by molar-refractivity contribution is 1.12. The predicted octanol–water partition coefficient (Wildman–Crippen LogP) is 3.79. The number of fused-ring (bicyclic) bond motifs is 2. The Morgan fingerprint density at radius 2 is 1.81 bits per heavy atom. The monoisotopic (exact) mass is 274 g/mol. The maximum atomic E-state index is 4.74. The molecule has 4 aromatic rings. The van der Waals surface area contributed by atoms with E-state index < -0.39 is 0 Å². The van der Waals surface area contributed by atoms with Crippen molar-refractivity contribution in [3.8, 4) is 11.3 Å². The highest BCUT2D eigenvalue weighted by Gasteiger charge is 2.06. The van der Waals surface area contributed by atoms with E-state index in [9.17, 15) is 0 Å². The summed E-state index contributed by atoms with van der Waals surface area (Å²) in [6, 6.07) is 10.4. The van der Waals surface area contributed by atoms with E-state index in [4.69, 9.17) is 4.98 Å². The molecule has 2 heterocycles. The van der Waals surface area contributed by atoms with Gasteiger partial charge in [0.05, 0.1) is 34.6 Å². The zero-order valence-electron chi connectivity index (χ0n) is 11.9. The van der Waals surface area contributed by atoms with Crippen molar-refractivity contribution in [1.82, 2.24) is 20.2 Å². The molecule has 0 atom stereocenters. The minimum absolute atomic E-state index is 0.874. The van der Waals surface area contributed by atoms with Crippen molar-refractivity contribution < 1.29 is 0 Å². The Labute approximate surface area is 121 Å². The molecule has 0 aliphatic carbocycles. The third-order valence-corrected chi connectivity index (χ3v) is 3.90. The first-order valence-corrected chi connectivity index (χ1v) is 6.88. The molecule has 0 bridgehead atoms. The molecular weight excluding hydrogens is 260 g/mol. The molecule has 0 spiro atoms. The van der Waals surface area contributed by atoms with Gasteiger partial charge >= 0.3 is 0 Å². The SMILES string of the molecule is Cc1ccc(-c2cnc3cc4[nH]ncc4cc3n2)cc1C. The van der Waals surface area contributed by atoms with E-state index in [-0.39, 0.29) is 0 Å². The zero-order valence-corrected chi connectivity index (χ0v) is 11.9. The lowest BCUT2D eigenvalue weighted by Crippen LogP contribution is -1.90. The highest BCUT2D eigenvalue weighted by Crippen LogP contribution is 2.23. The van der Waals surface area contributed by atoms with Crippen LogP contribution in [0.25, 0.3) is 33.2 Å². The molecule has 2 aromatic carbocycles. The first kappa shape index (κ1) is 12.0. The summed E-state index contributed by atoms with van der Waals surface area (Å²) < 4.78 is 0. The minimum Gasteiger partial charge on any atom is -0.278 e. The third kappa shape index (κ3) is 1.96. The van der Waals surface area contributed by atoms with Crippen molar-refractivity contribution >= 4 is 21.9 Å². The van der Waals surface area contributed by atoms with Crippen LogP contribution in [0.1, 0.15) is 11.1 Å². The van der Waals surface area contributed by atoms with Gasteiger partial charge in [0.15, 0.2) is 0 Å². The van der Waals surface area contributed by atoms with Crippen molar-refractivity contribution in [2.45, 2.75) is 13.8 Å². The standard InChI is InChI=1S/C17H14N4/c1-10-3-4-12(5-11(10)2)17-9-18-15-7-14-13(8-19-21-14)6-16(15)20-17/h3-9H,1-2H3,(H,19,21). The molecule has 0 radical (unpaired) electrons. The molecule has 1 N–H and O–H groups in total. The molecule has 0 fully saturated rings. The fraction of sp³-hybridized carbons (Fsp3) is 0.118. The quantitative estimate of drug-likeness (QED) is 0.574. The van der Waals surface area contributed by atoms with E-state index >= 15 is 0 Å². The van der Waals surface area contributed by atoms with E-state index in [1.54, 1.807) is 6.20 Å². The third-order valence-electron chi connectivity index (χ3n) is 3.90. The topological polar surface area (TPSA) is 54.5 Å². The summed E-state index contributed by atoms with van der Waals surface area (Å²) in [5.41, 5.74) is 7.29. The van der Waals surface area contributed by atoms with Gasteiger partial charge in [0.25, 0.3) is 0 Å². The smallest absolute Gasteiger partial charge is 0.0909 e. The van der Waals surface area contributed by atoms with Crippen molar-refractivity contribution in [2.75, 3.05) is 0 Å². The second kappa shape index (κ2) is 4.38. The van der Waals surface area contributed by atoms with E-state index in [1.165, 1.54) is 11.1 Å². The van der Waals surface area contributed by atoms with Crippen LogP contribution < -0.4 is 0 Å². The van der Waals surface area contributed by atoms with Gasteiger partial charge in [0.2, 0.25) is 0 Å². The molecule has 0 saturated heterocycles. The number of aryl methyl sites for hydroxylation is 2. The van der Waals surface area contributed by atoms with Crippen LogP contribution in [-0.2, 0) is 0 Å². The molecule has 102 valence electrons. The number of aromatic nitrogens is 4. The van der Waals surface area contributed by atoms with Crippen molar-refractivity contribution in [2.24, 2.45) is 0 Å². The largest absolute Gasteiger partial charge is 0.278 e. The van der Waals surface area contributed by atoms with Gasteiger partial charge in [-0.1, -0.05) is 12.1 Å². The highest BCUT2D eigenvalue weighted by molar-refractivity contribution is 5.93. The average molecular weight is 274 g/mol. The second-order valence-corrected chi connectivity index (χ2v) is 5.35. The molecule has 4 nitrogen and oxygen atoms in total. The maximum Gasteiger partial charge on any atom is 0.0909 e. The molecular formula is C17H14N4. The summed E-state index contributed by atoms with van der Waals surface area (Å²) in [5.74, 6) is 0. The number of H-pyrrole nitrogens is 1. The van der Waals surface area contributed by atoms with Crippen LogP contribution in [0.2, 0.25) is 0 Å². The molecule has 0 saturated carbocycles. The Morgan fingerprint density at radius 3 is 2.67 bits per heavy atom. The van der Waals surface area contributed by atoms with Crippen LogP contribution in [0.5, 0.6) is 0 Å². The Bertz CT molecular complexity index is 969. The van der Waals surface area contributed by atoms with Crippen LogP contribution >= 0.6 is 0 Å². The van der Waals surface area contributed by atoms with Gasteiger partial charge in [-0.15, -0.1) is 0 Å². The summed E-state index contributed by atoms with van der Waals surface area (Å²) in [4.78, 5) is 9.27. The second-order valence-electron chi connectivity index (χ2n) is 5.35. The van der Waals surface area contributed by atoms with Crippen LogP contribution in [0.15, 0.2) is 42.7 Å². The Balaban J connectivity index is 1.92. The van der Waals surface area contributed by atoms with Crippen LogP contribution in [0.3, 0.4) is 0 Å². The lowest BCUT2D eigenvalue weighted by Gasteiger charge is -2.06. The maximum absolute atomic E-state index is 4.74. The highest BCUT2D eigenvalue weighted by atomic mass is 15.1. The van der Waals surface area contributed by atoms with Crippen LogP contribution in [0, 0.1) is 13.8 Å². The van der Waals surface area contributed by atoms with Gasteiger partial charge in [-0.3, -0.25) is 10.1 Å². The molecule has 2 aromatic heterocycles. The minimum atomic E-state index is 0.874. The average Bonchev–Trinajstić information content (AvgIpc) is 2.94. The van der Waals surface area contributed by atoms with E-state index in [0.29, 0.717) is 0 Å². The van der Waals surface area contributed by atoms with Crippen molar-refractivity contribution in [1.29, 1.82) is 0 Å². The van der Waals surface area contributed by atoms with Crippen LogP contribution in [-0.4, -0.2) is 20.2 Å². The Hall–Kier alpha value is -2.75. The number of nitrogens with zero attached hydrogens (tertiary/aromatic N) is 3. The van der Waals surface area contributed by atoms with E-state index in [0.717, 1.165) is 33.2 Å². The first-order valence-electron chi connectivity index (χ1n) is 6.88. The fourth-order valence-corrected chi connectivity index (χ4v) is 2.49. The van der Waals surface area contributed by atoms with Crippen LogP contribution in [0.4, 0.5) is 0 Å². The van der Waals surface area contributed by atoms with Gasteiger partial charge in [-0.2, -0.15) is 5.10 Å². The number of nitrogens with one attached hydrogen (secondary N) is 1. The molecule has 21 heavy (non-hydrogen) atoms. The van der Waals surface area contributed by atoms with Gasteiger partial charge < -0.3 is 0 Å². The predicted molar refractivity (Wildman–Crippen MR) is 84.1 cm³/mol. The number of hydrogen-bond acceptors (Lipinski definition) is 3. The molecule has 4 rings (SSSR count). The molecule has 0 amide bonds. The van der Waals surface area contributed by atoms with Gasteiger partial charge in [-0.05, 0) is 43.2 Å². The van der Waals surface area contributed by atoms with E-state index in [2.05, 4.69) is 47.2 Å². The normalized spacial score (nSPS) is 11.3. The van der Waals surface area contributed by atoms with Crippen molar-refractivity contribution in [3.63, 3.8) is 0 Å². The molecule has 0 aliphatic heterocycles. The number of hydrogen-bond donors (Lipinski definition) is 1. The van der Waals surface area contributed by atoms with Crippen molar-refractivity contribution in [3.05, 3.63) is 53.9 Å². The lowest BCUT2D eigenvalue weighted by atomic mass is 10.0. The Kier molecular flexibility index (Phi) is 2.51.